The SMILES string of the molecule is CNC(C)(C)CCOCCOCCCC(=O)c1ccc(Cn2nnc3c2-c2ccccc2CN(C(=O)CCC(C)(C)NC)c2ccccc2-3)cc1. The summed E-state index contributed by atoms with van der Waals surface area (Å²) in [6.07, 6.45) is 3.16. The average Bonchev–Trinajstić information content (AvgIpc) is 3.54. The minimum absolute atomic E-state index is 0.0593. The van der Waals surface area contributed by atoms with Gasteiger partial charge in [0.15, 0.2) is 5.78 Å². The van der Waals surface area contributed by atoms with Crippen LogP contribution < -0.4 is 15.5 Å². The Morgan fingerprint density at radius 1 is 0.765 bits per heavy atom. The maximum Gasteiger partial charge on any atom is 0.227 e. The highest BCUT2D eigenvalue weighted by Crippen LogP contribution is 2.41. The lowest BCUT2D eigenvalue weighted by Gasteiger charge is -2.30. The molecule has 10 nitrogen and oxygen atoms in total. The van der Waals surface area contributed by atoms with Crippen LogP contribution in [0.2, 0.25) is 0 Å². The second-order valence-corrected chi connectivity index (χ2v) is 14.6. The summed E-state index contributed by atoms with van der Waals surface area (Å²) in [7, 11) is 3.88. The van der Waals surface area contributed by atoms with Crippen molar-refractivity contribution in [2.75, 3.05) is 45.4 Å². The van der Waals surface area contributed by atoms with Crippen LogP contribution in [-0.4, -0.2) is 78.3 Å². The number of fused-ring (bicyclic) bond motifs is 5. The van der Waals surface area contributed by atoms with E-state index in [4.69, 9.17) is 14.6 Å². The zero-order valence-electron chi connectivity index (χ0n) is 31.1. The molecule has 0 bridgehead atoms. The molecule has 2 heterocycles. The number of amides is 1. The van der Waals surface area contributed by atoms with Gasteiger partial charge in [-0.3, -0.25) is 9.59 Å². The molecule has 4 aromatic rings. The number of nitrogens with one attached hydrogen (secondary N) is 2. The van der Waals surface area contributed by atoms with Crippen LogP contribution in [0.4, 0.5) is 5.69 Å². The van der Waals surface area contributed by atoms with Crippen molar-refractivity contribution >= 4 is 17.4 Å². The van der Waals surface area contributed by atoms with E-state index < -0.39 is 0 Å². The van der Waals surface area contributed by atoms with Crippen molar-refractivity contribution in [1.29, 1.82) is 0 Å². The monoisotopic (exact) mass is 694 g/mol. The van der Waals surface area contributed by atoms with Gasteiger partial charge in [0.2, 0.25) is 5.91 Å². The van der Waals surface area contributed by atoms with E-state index in [1.54, 1.807) is 0 Å². The Balaban J connectivity index is 1.24. The number of carbonyl (C=O) groups excluding carboxylic acids is 2. The first-order valence-electron chi connectivity index (χ1n) is 18.1. The molecular weight excluding hydrogens is 640 g/mol. The van der Waals surface area contributed by atoms with Crippen LogP contribution in [0.3, 0.4) is 0 Å². The number of hydrogen-bond donors (Lipinski definition) is 2. The number of anilines is 1. The first kappa shape index (κ1) is 38.0. The van der Waals surface area contributed by atoms with Crippen molar-refractivity contribution in [3.63, 3.8) is 0 Å². The number of benzene rings is 3. The van der Waals surface area contributed by atoms with Crippen LogP contribution in [0.25, 0.3) is 22.5 Å². The number of ketones is 1. The van der Waals surface area contributed by atoms with E-state index in [1.807, 2.05) is 84.3 Å². The molecule has 1 amide bonds. The number of Topliss-reactive ketones (excluding diaryl/α,β-unsaturated/α-hetero) is 1. The molecule has 51 heavy (non-hydrogen) atoms. The van der Waals surface area contributed by atoms with Crippen LogP contribution >= 0.6 is 0 Å². The molecule has 1 aromatic heterocycles. The molecule has 0 unspecified atom stereocenters. The van der Waals surface area contributed by atoms with E-state index in [1.165, 1.54) is 0 Å². The zero-order chi connectivity index (χ0) is 36.4. The Morgan fingerprint density at radius 2 is 1.41 bits per heavy atom. The largest absolute Gasteiger partial charge is 0.379 e. The van der Waals surface area contributed by atoms with Crippen LogP contribution in [0.15, 0.2) is 72.8 Å². The molecular formula is C41H54N6O4. The maximum absolute atomic E-state index is 13.8. The van der Waals surface area contributed by atoms with Crippen molar-refractivity contribution in [1.82, 2.24) is 25.6 Å². The van der Waals surface area contributed by atoms with Gasteiger partial charge in [-0.2, -0.15) is 0 Å². The van der Waals surface area contributed by atoms with Crippen molar-refractivity contribution in [3.05, 3.63) is 89.5 Å². The van der Waals surface area contributed by atoms with Crippen molar-refractivity contribution in [2.45, 2.75) is 84.0 Å². The summed E-state index contributed by atoms with van der Waals surface area (Å²) < 4.78 is 13.3. The lowest BCUT2D eigenvalue weighted by molar-refractivity contribution is -0.119. The van der Waals surface area contributed by atoms with Gasteiger partial charge in [0.05, 0.1) is 37.7 Å². The third-order valence-corrected chi connectivity index (χ3v) is 9.95. The number of para-hydroxylation sites is 1. The maximum atomic E-state index is 13.8. The summed E-state index contributed by atoms with van der Waals surface area (Å²) in [6, 6.07) is 23.9. The fourth-order valence-electron chi connectivity index (χ4n) is 6.05. The first-order chi connectivity index (χ1) is 24.5. The highest BCUT2D eigenvalue weighted by molar-refractivity contribution is 6.00. The van der Waals surface area contributed by atoms with Crippen LogP contribution in [-0.2, 0) is 27.4 Å². The van der Waals surface area contributed by atoms with E-state index in [0.717, 1.165) is 52.2 Å². The van der Waals surface area contributed by atoms with Gasteiger partial charge in [0, 0.05) is 53.8 Å². The van der Waals surface area contributed by atoms with E-state index in [9.17, 15) is 9.59 Å². The lowest BCUT2D eigenvalue weighted by Crippen LogP contribution is -2.39. The molecule has 272 valence electrons. The Labute approximate surface area is 302 Å². The molecule has 0 aliphatic carbocycles. The Hall–Kier alpha value is -4.22. The number of carbonyl (C=O) groups is 2. The summed E-state index contributed by atoms with van der Waals surface area (Å²) in [5, 5.41) is 15.9. The van der Waals surface area contributed by atoms with Crippen molar-refractivity contribution in [2.24, 2.45) is 0 Å². The highest BCUT2D eigenvalue weighted by Gasteiger charge is 2.30. The van der Waals surface area contributed by atoms with Crippen molar-refractivity contribution in [3.8, 4) is 22.5 Å². The second kappa shape index (κ2) is 17.3. The van der Waals surface area contributed by atoms with Gasteiger partial charge in [0.25, 0.3) is 0 Å². The van der Waals surface area contributed by atoms with Crippen LogP contribution in [0.5, 0.6) is 0 Å². The van der Waals surface area contributed by atoms with Gasteiger partial charge in [-0.05, 0) is 78.2 Å². The van der Waals surface area contributed by atoms with E-state index in [2.05, 4.69) is 55.7 Å². The molecule has 3 aromatic carbocycles. The molecule has 0 radical (unpaired) electrons. The lowest BCUT2D eigenvalue weighted by atomic mass is 9.94. The van der Waals surface area contributed by atoms with Gasteiger partial charge in [-0.1, -0.05) is 71.9 Å². The topological polar surface area (TPSA) is 111 Å². The summed E-state index contributed by atoms with van der Waals surface area (Å²) in [4.78, 5) is 28.6. The van der Waals surface area contributed by atoms with E-state index in [-0.39, 0.29) is 22.8 Å². The van der Waals surface area contributed by atoms with E-state index >= 15 is 0 Å². The van der Waals surface area contributed by atoms with Gasteiger partial charge in [-0.15, -0.1) is 5.10 Å². The zero-order valence-corrected chi connectivity index (χ0v) is 31.1. The predicted molar refractivity (Wildman–Crippen MR) is 203 cm³/mol. The summed E-state index contributed by atoms with van der Waals surface area (Å²) in [5.41, 5.74) is 7.00. The molecule has 5 rings (SSSR count). The molecule has 1 aliphatic heterocycles. The average molecular weight is 695 g/mol. The number of hydrogen-bond acceptors (Lipinski definition) is 8. The van der Waals surface area contributed by atoms with Crippen LogP contribution in [0.1, 0.15) is 81.3 Å². The standard InChI is InChI=1S/C41H54N6O4/c1-40(2,42-5)22-21-37(49)46-29-32-12-7-8-13-33(32)39-38(34-14-9-10-15-35(34)46)44-45-47(39)28-30-17-19-31(20-18-30)36(48)16-11-24-50-26-27-51-25-23-41(3,4)43-6/h7-10,12-15,17-20,42-43H,11,16,21-29H2,1-6H3. The van der Waals surface area contributed by atoms with Gasteiger partial charge >= 0.3 is 0 Å². The molecule has 10 heteroatoms. The molecule has 1 aliphatic rings. The highest BCUT2D eigenvalue weighted by atomic mass is 16.5. The van der Waals surface area contributed by atoms with Crippen LogP contribution in [0, 0.1) is 0 Å². The van der Waals surface area contributed by atoms with Gasteiger partial charge in [-0.25, -0.2) is 4.68 Å². The summed E-state index contributed by atoms with van der Waals surface area (Å²) in [6.45, 7) is 11.7. The molecule has 2 N–H and O–H groups in total. The fourth-order valence-corrected chi connectivity index (χ4v) is 6.05. The van der Waals surface area contributed by atoms with Crippen molar-refractivity contribution < 1.29 is 19.1 Å². The Morgan fingerprint density at radius 3 is 2.14 bits per heavy atom. The molecule has 0 saturated heterocycles. The second-order valence-electron chi connectivity index (χ2n) is 14.6. The Kier molecular flexibility index (Phi) is 12.9. The number of nitrogens with zero attached hydrogens (tertiary/aromatic N) is 4. The number of rotatable bonds is 18. The van der Waals surface area contributed by atoms with Gasteiger partial charge < -0.3 is 25.0 Å². The Bertz CT molecular complexity index is 1760. The summed E-state index contributed by atoms with van der Waals surface area (Å²) in [5.74, 6) is 0.171. The molecule has 0 fully saturated rings. The third kappa shape index (κ3) is 9.98. The normalized spacial score (nSPS) is 12.9. The van der Waals surface area contributed by atoms with E-state index in [0.29, 0.717) is 64.3 Å². The summed E-state index contributed by atoms with van der Waals surface area (Å²) >= 11 is 0. The molecule has 0 saturated carbocycles. The minimum Gasteiger partial charge on any atom is -0.379 e. The predicted octanol–water partition coefficient (Wildman–Crippen LogP) is 6.67. The smallest absolute Gasteiger partial charge is 0.227 e. The number of ether oxygens (including phenoxy) is 2. The number of aromatic nitrogens is 3. The van der Waals surface area contributed by atoms with Gasteiger partial charge in [0.1, 0.15) is 5.69 Å². The minimum atomic E-state index is -0.147. The third-order valence-electron chi connectivity index (χ3n) is 9.95. The fraction of sp³-hybridized carbons (Fsp3) is 0.463. The quantitative estimate of drug-likeness (QED) is 0.0879. The first-order valence-corrected chi connectivity index (χ1v) is 18.1. The molecule has 0 spiro atoms. The molecule has 0 atom stereocenters.